The average Bonchev–Trinajstić information content (AvgIpc) is 2.33. The van der Waals surface area contributed by atoms with Crippen LogP contribution >= 0.6 is 15.9 Å². The molecule has 0 radical (unpaired) electrons. The molecule has 0 aromatic heterocycles. The Morgan fingerprint density at radius 3 is 1.95 bits per heavy atom. The number of halogens is 1. The van der Waals surface area contributed by atoms with Crippen molar-refractivity contribution < 1.29 is 0 Å². The quantitative estimate of drug-likeness (QED) is 0.689. The van der Waals surface area contributed by atoms with E-state index in [4.69, 9.17) is 0 Å². The minimum absolute atomic E-state index is 0.467. The lowest BCUT2D eigenvalue weighted by atomic mass is 9.71. The fourth-order valence-electron chi connectivity index (χ4n) is 3.45. The van der Waals surface area contributed by atoms with Crippen LogP contribution in [0.4, 0.5) is 5.69 Å². The molecule has 0 aliphatic heterocycles. The zero-order valence-corrected chi connectivity index (χ0v) is 15.1. The minimum atomic E-state index is 0.467. The van der Waals surface area contributed by atoms with Crippen molar-refractivity contribution in [3.05, 3.63) is 27.7 Å². The predicted octanol–water partition coefficient (Wildman–Crippen LogP) is 6.08. The largest absolute Gasteiger partial charge is 0.382 e. The second-order valence-corrected chi connectivity index (χ2v) is 8.39. The van der Waals surface area contributed by atoms with E-state index in [9.17, 15) is 0 Å². The Morgan fingerprint density at radius 2 is 1.50 bits per heavy atom. The monoisotopic (exact) mass is 337 g/mol. The third kappa shape index (κ3) is 3.78. The first-order valence-electron chi connectivity index (χ1n) is 7.80. The molecule has 1 saturated carbocycles. The Bertz CT molecular complexity index is 442. The molecule has 1 N–H and O–H groups in total. The van der Waals surface area contributed by atoms with Crippen LogP contribution < -0.4 is 5.32 Å². The van der Waals surface area contributed by atoms with Gasteiger partial charge in [-0.15, -0.1) is 0 Å². The van der Waals surface area contributed by atoms with E-state index < -0.39 is 0 Å². The Hall–Kier alpha value is -0.500. The highest BCUT2D eigenvalue weighted by Crippen LogP contribution is 2.39. The lowest BCUT2D eigenvalue weighted by Gasteiger charge is -2.37. The van der Waals surface area contributed by atoms with Gasteiger partial charge in [-0.05, 0) is 74.1 Å². The first-order valence-corrected chi connectivity index (χ1v) is 8.60. The van der Waals surface area contributed by atoms with Crippen LogP contribution in [0, 0.1) is 25.2 Å². The fraction of sp³-hybridized carbons (Fsp3) is 0.667. The van der Waals surface area contributed by atoms with Gasteiger partial charge in [0.2, 0.25) is 0 Å². The lowest BCUT2D eigenvalue weighted by Crippen LogP contribution is -2.31. The first kappa shape index (κ1) is 15.9. The first-order chi connectivity index (χ1) is 9.27. The molecule has 0 saturated heterocycles. The summed E-state index contributed by atoms with van der Waals surface area (Å²) in [6.45, 7) is 11.5. The molecule has 0 heterocycles. The number of hydrogen-bond donors (Lipinski definition) is 1. The second kappa shape index (κ2) is 6.09. The maximum absolute atomic E-state index is 3.80. The second-order valence-electron chi connectivity index (χ2n) is 7.47. The Labute approximate surface area is 132 Å². The number of benzene rings is 1. The molecule has 0 atom stereocenters. The van der Waals surface area contributed by atoms with Gasteiger partial charge in [-0.25, -0.2) is 0 Å². The van der Waals surface area contributed by atoms with E-state index >= 15 is 0 Å². The van der Waals surface area contributed by atoms with Crippen LogP contribution in [-0.4, -0.2) is 6.04 Å². The van der Waals surface area contributed by atoms with Crippen molar-refractivity contribution in [2.24, 2.45) is 11.3 Å². The van der Waals surface area contributed by atoms with Gasteiger partial charge in [0.15, 0.2) is 0 Å². The van der Waals surface area contributed by atoms with Gasteiger partial charge in [-0.3, -0.25) is 0 Å². The van der Waals surface area contributed by atoms with Crippen molar-refractivity contribution in [2.45, 2.75) is 66.3 Å². The molecule has 0 bridgehead atoms. The molecular formula is C18H28BrN. The van der Waals surface area contributed by atoms with E-state index in [0.717, 1.165) is 5.92 Å². The smallest absolute Gasteiger partial charge is 0.0402 e. The molecule has 1 nitrogen and oxygen atoms in total. The van der Waals surface area contributed by atoms with Crippen LogP contribution in [0.25, 0.3) is 0 Å². The molecule has 0 unspecified atom stereocenters. The summed E-state index contributed by atoms with van der Waals surface area (Å²) in [5.74, 6) is 0.882. The van der Waals surface area contributed by atoms with Crippen LogP contribution in [0.5, 0.6) is 0 Å². The van der Waals surface area contributed by atoms with Crippen molar-refractivity contribution in [2.75, 3.05) is 5.32 Å². The number of anilines is 1. The summed E-state index contributed by atoms with van der Waals surface area (Å²) >= 11 is 3.57. The third-order valence-corrected chi connectivity index (χ3v) is 5.26. The van der Waals surface area contributed by atoms with Gasteiger partial charge < -0.3 is 5.32 Å². The fourth-order valence-corrected chi connectivity index (χ4v) is 4.13. The molecule has 1 aromatic rings. The third-order valence-electron chi connectivity index (χ3n) is 4.80. The molecule has 20 heavy (non-hydrogen) atoms. The maximum atomic E-state index is 3.80. The highest BCUT2D eigenvalue weighted by Gasteiger charge is 2.29. The van der Waals surface area contributed by atoms with E-state index in [1.165, 1.54) is 47.0 Å². The summed E-state index contributed by atoms with van der Waals surface area (Å²) in [6, 6.07) is 5.05. The van der Waals surface area contributed by atoms with Crippen molar-refractivity contribution in [1.29, 1.82) is 0 Å². The van der Waals surface area contributed by atoms with Gasteiger partial charge >= 0.3 is 0 Å². The SMILES string of the molecule is Cc1cc(Br)cc(C)c1NC1CCC(C(C)(C)C)CC1. The zero-order chi connectivity index (χ0) is 14.9. The van der Waals surface area contributed by atoms with Gasteiger partial charge in [-0.1, -0.05) is 36.7 Å². The predicted molar refractivity (Wildman–Crippen MR) is 92.4 cm³/mol. The molecule has 2 rings (SSSR count). The van der Waals surface area contributed by atoms with Gasteiger partial charge in [0, 0.05) is 16.2 Å². The van der Waals surface area contributed by atoms with Gasteiger partial charge in [-0.2, -0.15) is 0 Å². The molecule has 0 amide bonds. The Morgan fingerprint density at radius 1 is 1.00 bits per heavy atom. The highest BCUT2D eigenvalue weighted by atomic mass is 79.9. The highest BCUT2D eigenvalue weighted by molar-refractivity contribution is 9.10. The van der Waals surface area contributed by atoms with Crippen molar-refractivity contribution >= 4 is 21.6 Å². The average molecular weight is 338 g/mol. The molecular weight excluding hydrogens is 310 g/mol. The summed E-state index contributed by atoms with van der Waals surface area (Å²) in [7, 11) is 0. The normalized spacial score (nSPS) is 23.7. The number of aryl methyl sites for hydroxylation is 2. The van der Waals surface area contributed by atoms with Crippen LogP contribution in [0.3, 0.4) is 0 Å². The zero-order valence-electron chi connectivity index (χ0n) is 13.5. The van der Waals surface area contributed by atoms with E-state index in [0.29, 0.717) is 11.5 Å². The van der Waals surface area contributed by atoms with Crippen molar-refractivity contribution in [3.8, 4) is 0 Å². The Balaban J connectivity index is 2.00. The number of nitrogens with one attached hydrogen (secondary N) is 1. The molecule has 0 spiro atoms. The van der Waals surface area contributed by atoms with Crippen molar-refractivity contribution in [1.82, 2.24) is 0 Å². The number of hydrogen-bond acceptors (Lipinski definition) is 1. The van der Waals surface area contributed by atoms with Crippen LogP contribution in [0.2, 0.25) is 0 Å². The summed E-state index contributed by atoms with van der Waals surface area (Å²) in [5.41, 5.74) is 4.49. The summed E-state index contributed by atoms with van der Waals surface area (Å²) in [6.07, 6.45) is 5.32. The van der Waals surface area contributed by atoms with Gasteiger partial charge in [0.25, 0.3) is 0 Å². The molecule has 1 fully saturated rings. The summed E-state index contributed by atoms with van der Waals surface area (Å²) in [4.78, 5) is 0. The molecule has 112 valence electrons. The van der Waals surface area contributed by atoms with Gasteiger partial charge in [0.05, 0.1) is 0 Å². The van der Waals surface area contributed by atoms with Crippen molar-refractivity contribution in [3.63, 3.8) is 0 Å². The van der Waals surface area contributed by atoms with E-state index in [2.05, 4.69) is 68.0 Å². The molecule has 1 aliphatic carbocycles. The topological polar surface area (TPSA) is 12.0 Å². The lowest BCUT2D eigenvalue weighted by molar-refractivity contribution is 0.173. The van der Waals surface area contributed by atoms with E-state index in [1.54, 1.807) is 0 Å². The van der Waals surface area contributed by atoms with E-state index in [-0.39, 0.29) is 0 Å². The molecule has 1 aliphatic rings. The summed E-state index contributed by atoms with van der Waals surface area (Å²) in [5, 5.41) is 3.80. The molecule has 2 heteroatoms. The minimum Gasteiger partial charge on any atom is -0.382 e. The van der Waals surface area contributed by atoms with Crippen LogP contribution in [0.15, 0.2) is 16.6 Å². The number of rotatable bonds is 2. The molecule has 1 aromatic carbocycles. The standard InChI is InChI=1S/C18H28BrN/c1-12-10-15(19)11-13(2)17(12)20-16-8-6-14(7-9-16)18(3,4)5/h10-11,14,16,20H,6-9H2,1-5H3. The Kier molecular flexibility index (Phi) is 4.84. The summed E-state index contributed by atoms with van der Waals surface area (Å²) < 4.78 is 1.18. The van der Waals surface area contributed by atoms with Crippen LogP contribution in [0.1, 0.15) is 57.6 Å². The maximum Gasteiger partial charge on any atom is 0.0402 e. The van der Waals surface area contributed by atoms with E-state index in [1.807, 2.05) is 0 Å². The van der Waals surface area contributed by atoms with Gasteiger partial charge in [0.1, 0.15) is 0 Å². The van der Waals surface area contributed by atoms with Crippen LogP contribution in [-0.2, 0) is 0 Å².